The zero-order valence-corrected chi connectivity index (χ0v) is 20.0. The van der Waals surface area contributed by atoms with Gasteiger partial charge in [-0.3, -0.25) is 4.99 Å². The van der Waals surface area contributed by atoms with E-state index in [-0.39, 0.29) is 25.0 Å². The van der Waals surface area contributed by atoms with Gasteiger partial charge in [0.1, 0.15) is 6.23 Å². The fourth-order valence-corrected chi connectivity index (χ4v) is 5.38. The molecule has 0 amide bonds. The first-order valence-corrected chi connectivity index (χ1v) is 11.8. The number of nitrogens with two attached hydrogens (primary N) is 2. The first-order chi connectivity index (χ1) is 14.4. The predicted molar refractivity (Wildman–Crippen MR) is 125 cm³/mol. The summed E-state index contributed by atoms with van der Waals surface area (Å²) in [4.78, 5) is 4.41. The molecule has 0 aliphatic carbocycles. The van der Waals surface area contributed by atoms with Crippen LogP contribution in [0.4, 0.5) is 0 Å². The monoisotopic (exact) mass is 446 g/mol. The minimum Gasteiger partial charge on any atom is -0.370 e. The Bertz CT molecular complexity index is 1020. The maximum Gasteiger partial charge on any atom is 0.243 e. The summed E-state index contributed by atoms with van der Waals surface area (Å²) in [7, 11) is -3.85. The molecule has 0 fully saturated rings. The molecule has 0 aliphatic rings. The fourth-order valence-electron chi connectivity index (χ4n) is 3.64. The summed E-state index contributed by atoms with van der Waals surface area (Å²) < 4.78 is 35.6. The molecule has 2 aromatic carbocycles. The van der Waals surface area contributed by atoms with E-state index in [4.69, 9.17) is 16.2 Å². The highest BCUT2D eigenvalue weighted by atomic mass is 32.2. The Morgan fingerprint density at radius 3 is 2.00 bits per heavy atom. The van der Waals surface area contributed by atoms with Gasteiger partial charge in [0.2, 0.25) is 10.0 Å². The van der Waals surface area contributed by atoms with Crippen LogP contribution in [0.2, 0.25) is 0 Å². The average molecular weight is 447 g/mol. The van der Waals surface area contributed by atoms with Crippen LogP contribution < -0.4 is 16.2 Å². The number of nitrogens with one attached hydrogen (secondary N) is 1. The lowest BCUT2D eigenvalue weighted by molar-refractivity contribution is 0.0246. The van der Waals surface area contributed by atoms with Crippen molar-refractivity contribution in [3.8, 4) is 0 Å². The molecule has 0 radical (unpaired) electrons. The number of ether oxygens (including phenoxy) is 1. The van der Waals surface area contributed by atoms with Crippen molar-refractivity contribution < 1.29 is 13.2 Å². The van der Waals surface area contributed by atoms with Gasteiger partial charge in [-0.25, -0.2) is 8.42 Å². The topological polar surface area (TPSA) is 120 Å². The number of sulfonamides is 1. The van der Waals surface area contributed by atoms with Gasteiger partial charge >= 0.3 is 0 Å². The van der Waals surface area contributed by atoms with Crippen LogP contribution in [-0.4, -0.2) is 26.6 Å². The quantitative estimate of drug-likeness (QED) is 0.311. The summed E-state index contributed by atoms with van der Waals surface area (Å²) >= 11 is 0. The summed E-state index contributed by atoms with van der Waals surface area (Å²) in [6.07, 6.45) is -0.518. The summed E-state index contributed by atoms with van der Waals surface area (Å²) in [6.45, 7) is 11.6. The Balaban J connectivity index is 2.37. The van der Waals surface area contributed by atoms with Gasteiger partial charge in [0.15, 0.2) is 5.96 Å². The van der Waals surface area contributed by atoms with Gasteiger partial charge in [0.05, 0.1) is 17.5 Å². The van der Waals surface area contributed by atoms with Crippen LogP contribution in [0.15, 0.2) is 40.2 Å². The second-order valence-electron chi connectivity index (χ2n) is 8.00. The summed E-state index contributed by atoms with van der Waals surface area (Å²) in [5, 5.41) is 0. The molecule has 0 aromatic heterocycles. The molecule has 7 nitrogen and oxygen atoms in total. The molecule has 5 N–H and O–H groups in total. The number of rotatable bonds is 9. The Kier molecular flexibility index (Phi) is 8.22. The van der Waals surface area contributed by atoms with Crippen molar-refractivity contribution in [1.82, 2.24) is 4.72 Å². The predicted octanol–water partition coefficient (Wildman–Crippen LogP) is 3.10. The van der Waals surface area contributed by atoms with Crippen LogP contribution in [0.5, 0.6) is 0 Å². The van der Waals surface area contributed by atoms with E-state index in [2.05, 4.69) is 9.71 Å². The van der Waals surface area contributed by atoms with Gasteiger partial charge in [0.25, 0.3) is 0 Å². The molecule has 2 rings (SSSR count). The lowest BCUT2D eigenvalue weighted by Crippen LogP contribution is -2.39. The molecule has 170 valence electrons. The fraction of sp³-hybridized carbons (Fsp3) is 0.435. The largest absolute Gasteiger partial charge is 0.370 e. The highest BCUT2D eigenvalue weighted by Gasteiger charge is 2.27. The van der Waals surface area contributed by atoms with Crippen molar-refractivity contribution in [2.24, 2.45) is 16.5 Å². The Hall–Kier alpha value is -2.42. The molecule has 0 heterocycles. The highest BCUT2D eigenvalue weighted by Crippen LogP contribution is 2.29. The smallest absolute Gasteiger partial charge is 0.243 e. The molecule has 8 heteroatoms. The standard InChI is InChI=1S/C23H34N4O3S/c1-14(26-23(24)25)12-21(30-13-20-10-8-7-9-11-20)27-31(28,29)22-18(5)16(3)15(2)17(4)19(22)6/h7-11,14,21,27H,12-13H2,1-6H3,(H4,24,25,26). The van der Waals surface area contributed by atoms with Gasteiger partial charge in [0, 0.05) is 6.42 Å². The highest BCUT2D eigenvalue weighted by molar-refractivity contribution is 7.89. The molecule has 2 unspecified atom stereocenters. The van der Waals surface area contributed by atoms with Gasteiger partial charge in [-0.1, -0.05) is 30.3 Å². The third-order valence-corrected chi connectivity index (χ3v) is 7.43. The number of guanidine groups is 1. The summed E-state index contributed by atoms with van der Waals surface area (Å²) in [5.41, 5.74) is 16.4. The maximum atomic E-state index is 13.4. The van der Waals surface area contributed by atoms with E-state index >= 15 is 0 Å². The van der Waals surface area contributed by atoms with Crippen molar-refractivity contribution in [3.63, 3.8) is 0 Å². The molecule has 2 atom stereocenters. The lowest BCUT2D eigenvalue weighted by atomic mass is 9.95. The number of hydrogen-bond donors (Lipinski definition) is 3. The van der Waals surface area contributed by atoms with Crippen molar-refractivity contribution in [1.29, 1.82) is 0 Å². The first kappa shape index (κ1) is 24.8. The van der Waals surface area contributed by atoms with E-state index in [9.17, 15) is 8.42 Å². The SMILES string of the molecule is Cc1c(C)c(C)c(S(=O)(=O)NC(CC(C)N=C(N)N)OCc2ccccc2)c(C)c1C. The van der Waals surface area contributed by atoms with Crippen molar-refractivity contribution in [2.75, 3.05) is 0 Å². The van der Waals surface area contributed by atoms with E-state index < -0.39 is 16.3 Å². The molecular formula is C23H34N4O3S. The Morgan fingerprint density at radius 2 is 1.48 bits per heavy atom. The summed E-state index contributed by atoms with van der Waals surface area (Å²) in [6, 6.07) is 9.25. The lowest BCUT2D eigenvalue weighted by Gasteiger charge is -2.24. The van der Waals surface area contributed by atoms with E-state index in [1.54, 1.807) is 0 Å². The molecule has 31 heavy (non-hydrogen) atoms. The van der Waals surface area contributed by atoms with E-state index in [0.29, 0.717) is 4.90 Å². The van der Waals surface area contributed by atoms with Crippen LogP contribution in [0.1, 0.15) is 46.7 Å². The van der Waals surface area contributed by atoms with Gasteiger partial charge in [-0.2, -0.15) is 4.72 Å². The minimum atomic E-state index is -3.85. The van der Waals surface area contributed by atoms with E-state index in [1.807, 2.05) is 71.9 Å². The molecule has 0 saturated heterocycles. The molecule has 0 aliphatic heterocycles. The van der Waals surface area contributed by atoms with Crippen molar-refractivity contribution in [2.45, 2.75) is 71.7 Å². The third kappa shape index (κ3) is 6.29. The van der Waals surface area contributed by atoms with Crippen molar-refractivity contribution in [3.05, 3.63) is 63.7 Å². The van der Waals surface area contributed by atoms with Crippen LogP contribution in [-0.2, 0) is 21.4 Å². The van der Waals surface area contributed by atoms with E-state index in [1.165, 1.54) is 0 Å². The second-order valence-corrected chi connectivity index (χ2v) is 9.65. The molecular weight excluding hydrogens is 412 g/mol. The zero-order valence-electron chi connectivity index (χ0n) is 19.2. The van der Waals surface area contributed by atoms with Crippen LogP contribution >= 0.6 is 0 Å². The average Bonchev–Trinajstić information content (AvgIpc) is 2.69. The maximum absolute atomic E-state index is 13.4. The molecule has 0 saturated carbocycles. The van der Waals surface area contributed by atoms with E-state index in [0.717, 1.165) is 33.4 Å². The normalized spacial score (nSPS) is 13.6. The van der Waals surface area contributed by atoms with Crippen molar-refractivity contribution >= 4 is 16.0 Å². The number of benzene rings is 2. The van der Waals surface area contributed by atoms with Gasteiger partial charge < -0.3 is 16.2 Å². The minimum absolute atomic E-state index is 0.0476. The number of aliphatic imine (C=N–C) groups is 1. The van der Waals surface area contributed by atoms with Crippen LogP contribution in [0.3, 0.4) is 0 Å². The molecule has 2 aromatic rings. The third-order valence-electron chi connectivity index (χ3n) is 5.71. The summed E-state index contributed by atoms with van der Waals surface area (Å²) in [5.74, 6) is -0.0476. The van der Waals surface area contributed by atoms with Crippen LogP contribution in [0.25, 0.3) is 0 Å². The first-order valence-electron chi connectivity index (χ1n) is 10.3. The van der Waals surface area contributed by atoms with Gasteiger partial charge in [-0.15, -0.1) is 0 Å². The molecule has 0 bridgehead atoms. The second kappa shape index (κ2) is 10.3. The Labute approximate surface area is 186 Å². The van der Waals surface area contributed by atoms with Crippen LogP contribution in [0, 0.1) is 34.6 Å². The zero-order chi connectivity index (χ0) is 23.3. The molecule has 0 spiro atoms. The number of hydrogen-bond acceptors (Lipinski definition) is 4. The Morgan fingerprint density at radius 1 is 0.968 bits per heavy atom. The number of nitrogens with zero attached hydrogens (tertiary/aromatic N) is 1. The van der Waals surface area contributed by atoms with Gasteiger partial charge in [-0.05, 0) is 74.9 Å².